The highest BCUT2D eigenvalue weighted by molar-refractivity contribution is 5.91. The van der Waals surface area contributed by atoms with Crippen LogP contribution in [0.1, 0.15) is 67.2 Å². The van der Waals surface area contributed by atoms with Crippen LogP contribution in [0.25, 0.3) is 0 Å². The van der Waals surface area contributed by atoms with E-state index >= 15 is 0 Å². The third-order valence-electron chi connectivity index (χ3n) is 10.8. The molecule has 3 rings (SSSR count). The van der Waals surface area contributed by atoms with E-state index < -0.39 is 97.1 Å². The van der Waals surface area contributed by atoms with Gasteiger partial charge in [0.2, 0.25) is 0 Å². The lowest BCUT2D eigenvalue weighted by atomic mass is 9.82. The molecule has 5 unspecified atom stereocenters. The zero-order chi connectivity index (χ0) is 38.2. The number of ether oxygens (including phenoxy) is 6. The van der Waals surface area contributed by atoms with Crippen LogP contribution in [0.15, 0.2) is 24.3 Å². The van der Waals surface area contributed by atoms with Gasteiger partial charge in [0.1, 0.15) is 30.7 Å². The number of aldehydes is 1. The zero-order valence-electron chi connectivity index (χ0n) is 31.5. The van der Waals surface area contributed by atoms with Crippen LogP contribution in [0.4, 0.5) is 0 Å². The van der Waals surface area contributed by atoms with Crippen LogP contribution in [0.5, 0.6) is 0 Å². The van der Waals surface area contributed by atoms with E-state index in [1.54, 1.807) is 64.9 Å². The second-order valence-electron chi connectivity index (χ2n) is 14.9. The largest absolute Gasteiger partial charge is 0.462 e. The normalized spacial score (nSPS) is 44.9. The molecular weight excluding hydrogens is 666 g/mol. The second kappa shape index (κ2) is 19.3. The summed E-state index contributed by atoms with van der Waals surface area (Å²) in [7, 11) is 4.87. The summed E-state index contributed by atoms with van der Waals surface area (Å²) >= 11 is 0. The lowest BCUT2D eigenvalue weighted by Crippen LogP contribution is -2.65. The summed E-state index contributed by atoms with van der Waals surface area (Å²) in [5.74, 6) is -2.96. The quantitative estimate of drug-likeness (QED) is 0.198. The summed E-state index contributed by atoms with van der Waals surface area (Å²) in [6, 6.07) is -0.696. The van der Waals surface area contributed by atoms with Crippen molar-refractivity contribution in [1.29, 1.82) is 0 Å². The van der Waals surface area contributed by atoms with Crippen molar-refractivity contribution >= 4 is 18.0 Å². The van der Waals surface area contributed by atoms with Gasteiger partial charge in [0.25, 0.3) is 0 Å². The van der Waals surface area contributed by atoms with Gasteiger partial charge in [-0.15, -0.1) is 0 Å². The molecule has 0 spiro atoms. The molecule has 4 N–H and O–H groups in total. The maximum absolute atomic E-state index is 13.2. The van der Waals surface area contributed by atoms with Crippen LogP contribution in [0.2, 0.25) is 0 Å². The maximum atomic E-state index is 13.2. The van der Waals surface area contributed by atoms with Gasteiger partial charge in [0.05, 0.1) is 49.1 Å². The Morgan fingerprint density at radius 3 is 2.25 bits per heavy atom. The molecule has 292 valence electrons. The molecule has 14 nitrogen and oxygen atoms in total. The molecule has 16 atom stereocenters. The van der Waals surface area contributed by atoms with Gasteiger partial charge in [-0.25, -0.2) is 0 Å². The molecule has 0 aromatic heterocycles. The minimum atomic E-state index is -1.49. The molecule has 14 heteroatoms. The van der Waals surface area contributed by atoms with Crippen molar-refractivity contribution < 1.29 is 63.2 Å². The van der Waals surface area contributed by atoms with Crippen LogP contribution in [-0.4, -0.2) is 144 Å². The van der Waals surface area contributed by atoms with E-state index in [4.69, 9.17) is 28.4 Å². The van der Waals surface area contributed by atoms with E-state index in [0.29, 0.717) is 6.29 Å². The third kappa shape index (κ3) is 11.2. The summed E-state index contributed by atoms with van der Waals surface area (Å²) in [6.45, 7) is 10.3. The van der Waals surface area contributed by atoms with Gasteiger partial charge in [-0.3, -0.25) is 9.59 Å². The number of allylic oxidation sites excluding steroid dienone is 3. The molecule has 0 aromatic rings. The molecule has 0 aromatic carbocycles. The number of hydrogen-bond donors (Lipinski definition) is 4. The van der Waals surface area contributed by atoms with E-state index in [-0.39, 0.29) is 43.7 Å². The van der Waals surface area contributed by atoms with Crippen molar-refractivity contribution in [3.8, 4) is 0 Å². The minimum Gasteiger partial charge on any atom is -0.462 e. The Kier molecular flexibility index (Phi) is 16.4. The summed E-state index contributed by atoms with van der Waals surface area (Å²) in [5.41, 5.74) is -1.04. The number of hydrogen-bond acceptors (Lipinski definition) is 14. The standard InChI is InChI=1S/C37H61NO13/c1-20-16-25(14-15-39)34(35(46-9)28(42)17-29(43)47-23(4)26(19-40)12-10-11-13-27(20)41)51-36-32(44)31(38(7)8)33(24(5)49-36)50-30-18-37(6,45)21(2)22(3)48-30/h10-13,15,20-26,28,30-36,40,42,44-45H,14,16-19H2,1-9H3/b12-10+,13-11+/t20-,21?,22-,23-,24+,25+,26-,28-,30+,31?,32?,33?,34+,35+,36+,37?/m1/s1. The SMILES string of the molecule is CO[C@@H]1[C@@H](O[C@@H]2O[C@@H](C)C(O[C@H]3CC(C)(O)C(C)[C@@H](C)O3)C(N(C)C)C2O)[C@@H](CC=O)C[C@@H](C)C(=O)/C=C/C=C/[C@H](CO)[C@@H](C)OC(=O)C[C@H]1O. The van der Waals surface area contributed by atoms with Crippen molar-refractivity contribution in [2.45, 2.75) is 140 Å². The number of ketones is 1. The smallest absolute Gasteiger partial charge is 0.308 e. The molecule has 0 aliphatic carbocycles. The molecule has 0 saturated carbocycles. The number of carbonyl (C=O) groups is 3. The number of likely N-dealkylation sites (N-methyl/N-ethyl adjacent to an activating group) is 1. The van der Waals surface area contributed by atoms with Crippen molar-refractivity contribution in [2.75, 3.05) is 27.8 Å². The van der Waals surface area contributed by atoms with Gasteiger partial charge >= 0.3 is 5.97 Å². The summed E-state index contributed by atoms with van der Waals surface area (Å²) in [5, 5.41) is 44.1. The van der Waals surface area contributed by atoms with E-state index in [1.165, 1.54) is 13.2 Å². The molecule has 3 aliphatic rings. The molecule has 2 saturated heterocycles. The number of esters is 1. The van der Waals surface area contributed by atoms with E-state index in [2.05, 4.69) is 0 Å². The van der Waals surface area contributed by atoms with Crippen molar-refractivity contribution in [2.24, 2.45) is 23.7 Å². The van der Waals surface area contributed by atoms with Crippen molar-refractivity contribution in [3.05, 3.63) is 24.3 Å². The fraction of sp³-hybridized carbons (Fsp3) is 0.811. The van der Waals surface area contributed by atoms with Crippen LogP contribution >= 0.6 is 0 Å². The third-order valence-corrected chi connectivity index (χ3v) is 10.8. The number of aliphatic hydroxyl groups is 4. The molecule has 0 amide bonds. The Bertz CT molecular complexity index is 1190. The number of cyclic esters (lactones) is 1. The minimum absolute atomic E-state index is 0.0884. The zero-order valence-corrected chi connectivity index (χ0v) is 31.5. The highest BCUT2D eigenvalue weighted by atomic mass is 16.7. The first kappa shape index (κ1) is 43.3. The average Bonchev–Trinajstić information content (AvgIpc) is 3.04. The van der Waals surface area contributed by atoms with Crippen LogP contribution in [-0.2, 0) is 42.8 Å². The topological polar surface area (TPSA) is 191 Å². The molecule has 0 radical (unpaired) electrons. The van der Waals surface area contributed by atoms with Gasteiger partial charge in [-0.05, 0) is 60.2 Å². The average molecular weight is 728 g/mol. The summed E-state index contributed by atoms with van der Waals surface area (Å²) in [4.78, 5) is 40.0. The Labute approximate surface area is 302 Å². The van der Waals surface area contributed by atoms with Crippen molar-refractivity contribution in [1.82, 2.24) is 4.90 Å². The van der Waals surface area contributed by atoms with Gasteiger partial charge in [-0.1, -0.05) is 32.1 Å². The molecule has 3 heterocycles. The Morgan fingerprint density at radius 1 is 0.980 bits per heavy atom. The van der Waals surface area contributed by atoms with Crippen LogP contribution in [0.3, 0.4) is 0 Å². The molecule has 51 heavy (non-hydrogen) atoms. The maximum Gasteiger partial charge on any atom is 0.308 e. The predicted octanol–water partition coefficient (Wildman–Crippen LogP) is 1.55. The van der Waals surface area contributed by atoms with Gasteiger partial charge in [0, 0.05) is 37.7 Å². The molecule has 2 fully saturated rings. The van der Waals surface area contributed by atoms with E-state index in [9.17, 15) is 34.8 Å². The number of aliphatic hydroxyl groups excluding tert-OH is 3. The van der Waals surface area contributed by atoms with E-state index in [1.807, 2.05) is 13.8 Å². The first-order valence-corrected chi connectivity index (χ1v) is 18.0. The summed E-state index contributed by atoms with van der Waals surface area (Å²) in [6.07, 6.45) is -3.11. The van der Waals surface area contributed by atoms with Gasteiger partial charge in [-0.2, -0.15) is 0 Å². The highest BCUT2D eigenvalue weighted by Gasteiger charge is 2.51. The van der Waals surface area contributed by atoms with Gasteiger partial charge < -0.3 is 58.5 Å². The molecule has 0 bridgehead atoms. The van der Waals surface area contributed by atoms with Crippen LogP contribution in [0, 0.1) is 23.7 Å². The second-order valence-corrected chi connectivity index (χ2v) is 14.9. The van der Waals surface area contributed by atoms with Crippen molar-refractivity contribution in [3.63, 3.8) is 0 Å². The molecular formula is C37H61NO13. The summed E-state index contributed by atoms with van der Waals surface area (Å²) < 4.78 is 36.6. The number of carbonyl (C=O) groups excluding carboxylic acids is 3. The fourth-order valence-corrected chi connectivity index (χ4v) is 7.29. The van der Waals surface area contributed by atoms with E-state index in [0.717, 1.165) is 0 Å². The molecule has 3 aliphatic heterocycles. The Morgan fingerprint density at radius 2 is 1.67 bits per heavy atom. The Hall–Kier alpha value is -2.11. The first-order chi connectivity index (χ1) is 23.9. The van der Waals surface area contributed by atoms with Gasteiger partial charge in [0.15, 0.2) is 18.4 Å². The lowest BCUT2D eigenvalue weighted by molar-refractivity contribution is -0.340. The first-order valence-electron chi connectivity index (χ1n) is 18.0. The number of methoxy groups -OCH3 is 1. The van der Waals surface area contributed by atoms with Crippen LogP contribution < -0.4 is 0 Å². The lowest BCUT2D eigenvalue weighted by Gasteiger charge is -2.50. The fourth-order valence-electron chi connectivity index (χ4n) is 7.29. The number of rotatable bonds is 9. The predicted molar refractivity (Wildman–Crippen MR) is 185 cm³/mol. The monoisotopic (exact) mass is 727 g/mol. The highest BCUT2D eigenvalue weighted by Crippen LogP contribution is 2.38. The number of nitrogens with zero attached hydrogens (tertiary/aromatic N) is 1. The Balaban J connectivity index is 1.96.